The fraction of sp³-hybridized carbons (Fsp3) is 0.469. The van der Waals surface area contributed by atoms with Crippen LogP contribution < -0.4 is 16.0 Å². The number of hydrogen-bond donors (Lipinski definition) is 4. The lowest BCUT2D eigenvalue weighted by atomic mass is 9.98. The normalized spacial score (nSPS) is 25.9. The maximum Gasteiger partial charge on any atom is 0.245 e. The van der Waals surface area contributed by atoms with E-state index in [1.54, 1.807) is 32.9 Å². The summed E-state index contributed by atoms with van der Waals surface area (Å²) in [5.41, 5.74) is 1.50. The van der Waals surface area contributed by atoms with Crippen LogP contribution in [0, 0.1) is 5.92 Å². The predicted molar refractivity (Wildman–Crippen MR) is 160 cm³/mol. The van der Waals surface area contributed by atoms with Crippen molar-refractivity contribution in [3.63, 3.8) is 0 Å². The number of carbonyl (C=O) groups excluding carboxylic acids is 5. The maximum absolute atomic E-state index is 14.2. The Morgan fingerprint density at radius 3 is 2.12 bits per heavy atom. The van der Waals surface area contributed by atoms with Crippen molar-refractivity contribution in [3.05, 3.63) is 65.7 Å². The van der Waals surface area contributed by atoms with E-state index in [0.717, 1.165) is 5.56 Å². The van der Waals surface area contributed by atoms with Gasteiger partial charge in [0, 0.05) is 26.4 Å². The lowest BCUT2D eigenvalue weighted by Crippen LogP contribution is -2.59. The van der Waals surface area contributed by atoms with Crippen molar-refractivity contribution in [2.45, 2.75) is 76.7 Å². The maximum atomic E-state index is 14.2. The van der Waals surface area contributed by atoms with Crippen LogP contribution in [0.15, 0.2) is 54.6 Å². The van der Waals surface area contributed by atoms with Crippen molar-refractivity contribution < 1.29 is 29.1 Å². The van der Waals surface area contributed by atoms with Gasteiger partial charge in [-0.1, -0.05) is 56.3 Å². The molecule has 43 heavy (non-hydrogen) atoms. The smallest absolute Gasteiger partial charge is 0.245 e. The number of aromatic hydroxyl groups is 1. The van der Waals surface area contributed by atoms with E-state index in [1.807, 2.05) is 30.3 Å². The minimum Gasteiger partial charge on any atom is -0.508 e. The summed E-state index contributed by atoms with van der Waals surface area (Å²) in [6, 6.07) is 10.8. The van der Waals surface area contributed by atoms with Gasteiger partial charge in [0.05, 0.1) is 0 Å². The van der Waals surface area contributed by atoms with Crippen LogP contribution in [0.2, 0.25) is 0 Å². The number of likely N-dealkylation sites (N-methyl/N-ethyl adjacent to an activating group) is 1. The zero-order valence-electron chi connectivity index (χ0n) is 25.1. The molecule has 2 aliphatic heterocycles. The van der Waals surface area contributed by atoms with Crippen molar-refractivity contribution in [2.75, 3.05) is 13.6 Å². The highest BCUT2D eigenvalue weighted by Crippen LogP contribution is 2.21. The molecule has 2 aromatic carbocycles. The Labute approximate surface area is 252 Å². The van der Waals surface area contributed by atoms with Gasteiger partial charge in [-0.15, -0.1) is 0 Å². The lowest BCUT2D eigenvalue weighted by molar-refractivity contribution is -0.143. The van der Waals surface area contributed by atoms with Gasteiger partial charge in [-0.3, -0.25) is 24.0 Å². The average molecular weight is 592 g/mol. The van der Waals surface area contributed by atoms with Gasteiger partial charge >= 0.3 is 0 Å². The van der Waals surface area contributed by atoms with Gasteiger partial charge < -0.3 is 30.9 Å². The number of carbonyl (C=O) groups is 5. The van der Waals surface area contributed by atoms with Gasteiger partial charge in [-0.25, -0.2) is 0 Å². The number of nitrogens with zero attached hydrogens (tertiary/aromatic N) is 2. The van der Waals surface area contributed by atoms with E-state index in [-0.39, 0.29) is 24.5 Å². The van der Waals surface area contributed by atoms with Gasteiger partial charge in [0.1, 0.15) is 36.0 Å². The van der Waals surface area contributed by atoms with Crippen LogP contribution >= 0.6 is 0 Å². The fourth-order valence-corrected chi connectivity index (χ4v) is 5.68. The van der Waals surface area contributed by atoms with E-state index in [9.17, 15) is 29.1 Å². The van der Waals surface area contributed by atoms with Crippen molar-refractivity contribution in [3.8, 4) is 5.75 Å². The highest BCUT2D eigenvalue weighted by atomic mass is 16.3. The Balaban J connectivity index is 1.76. The topological polar surface area (TPSA) is 148 Å². The summed E-state index contributed by atoms with van der Waals surface area (Å²) in [4.78, 5) is 71.2. The minimum atomic E-state index is -1.06. The molecule has 0 aliphatic carbocycles. The molecule has 0 aromatic heterocycles. The number of benzene rings is 2. The minimum absolute atomic E-state index is 0.0648. The molecule has 0 spiro atoms. The van der Waals surface area contributed by atoms with Crippen molar-refractivity contribution in [1.82, 2.24) is 25.8 Å². The first-order valence-electron chi connectivity index (χ1n) is 14.8. The molecule has 2 aliphatic rings. The first-order valence-corrected chi connectivity index (χ1v) is 14.8. The van der Waals surface area contributed by atoms with Crippen molar-refractivity contribution in [1.29, 1.82) is 0 Å². The molecule has 0 radical (unpaired) electrons. The van der Waals surface area contributed by atoms with Gasteiger partial charge in [-0.05, 0) is 48.9 Å². The average Bonchev–Trinajstić information content (AvgIpc) is 3.48. The van der Waals surface area contributed by atoms with Crippen LogP contribution in [0.4, 0.5) is 0 Å². The van der Waals surface area contributed by atoms with Crippen molar-refractivity contribution >= 4 is 29.5 Å². The zero-order valence-corrected chi connectivity index (χ0v) is 25.1. The third kappa shape index (κ3) is 7.52. The Bertz CT molecular complexity index is 1330. The highest BCUT2D eigenvalue weighted by molar-refractivity contribution is 5.98. The first-order chi connectivity index (χ1) is 20.5. The molecule has 2 aromatic rings. The summed E-state index contributed by atoms with van der Waals surface area (Å²) in [5.74, 6) is -2.68. The zero-order chi connectivity index (χ0) is 31.3. The summed E-state index contributed by atoms with van der Waals surface area (Å²) in [6.07, 6.45) is 1.29. The van der Waals surface area contributed by atoms with Gasteiger partial charge in [-0.2, -0.15) is 0 Å². The Hall–Kier alpha value is -4.41. The molecule has 2 saturated heterocycles. The second-order valence-corrected chi connectivity index (χ2v) is 11.7. The molecule has 4 rings (SSSR count). The molecular weight excluding hydrogens is 550 g/mol. The standard InChI is InChI=1S/C32H41N5O6/c1-19(2)27-30(41)33-20(3)31(42)37-16-8-11-25(37)28(39)34-24(17-22-12-14-23(38)15-13-22)32(43)36(4)26(29(40)35-27)18-21-9-6-5-7-10-21/h5-7,9-10,12-15,19-20,24-27,38H,8,11,16-18H2,1-4H3,(H,33,41)(H,34,39)(H,35,40). The number of nitrogens with one attached hydrogen (secondary N) is 3. The third-order valence-corrected chi connectivity index (χ3v) is 8.20. The van der Waals surface area contributed by atoms with E-state index in [4.69, 9.17) is 0 Å². The Morgan fingerprint density at radius 2 is 1.47 bits per heavy atom. The van der Waals surface area contributed by atoms with Crippen molar-refractivity contribution in [2.24, 2.45) is 5.92 Å². The molecule has 230 valence electrons. The number of amides is 5. The molecule has 11 nitrogen and oxygen atoms in total. The second kappa shape index (κ2) is 13.7. The van der Waals surface area contributed by atoms with Crippen LogP contribution in [0.5, 0.6) is 5.75 Å². The molecule has 5 atom stereocenters. The van der Waals surface area contributed by atoms with Gasteiger partial charge in [0.2, 0.25) is 29.5 Å². The third-order valence-electron chi connectivity index (χ3n) is 8.20. The van der Waals surface area contributed by atoms with E-state index in [2.05, 4.69) is 16.0 Å². The molecule has 2 heterocycles. The van der Waals surface area contributed by atoms with Gasteiger partial charge in [0.15, 0.2) is 0 Å². The Kier molecular flexibility index (Phi) is 10.1. The molecule has 0 saturated carbocycles. The quantitative estimate of drug-likeness (QED) is 0.410. The van der Waals surface area contributed by atoms with Crippen LogP contribution in [0.25, 0.3) is 0 Å². The van der Waals surface area contributed by atoms with E-state index >= 15 is 0 Å². The number of phenols is 1. The van der Waals surface area contributed by atoms with Crippen LogP contribution in [0.1, 0.15) is 44.7 Å². The summed E-state index contributed by atoms with van der Waals surface area (Å²) in [5, 5.41) is 18.2. The number of hydrogen-bond acceptors (Lipinski definition) is 6. The predicted octanol–water partition coefficient (Wildman–Crippen LogP) is 1.14. The van der Waals surface area contributed by atoms with Crippen LogP contribution in [-0.2, 0) is 36.8 Å². The van der Waals surface area contributed by atoms with Crippen LogP contribution in [0.3, 0.4) is 0 Å². The van der Waals surface area contributed by atoms with Crippen LogP contribution in [-0.4, -0.2) is 88.2 Å². The van der Waals surface area contributed by atoms with E-state index in [0.29, 0.717) is 24.9 Å². The largest absolute Gasteiger partial charge is 0.508 e. The van der Waals surface area contributed by atoms with E-state index < -0.39 is 59.7 Å². The number of rotatable bonds is 5. The molecule has 2 fully saturated rings. The number of phenolic OH excluding ortho intramolecular Hbond substituents is 1. The molecule has 4 N–H and O–H groups in total. The molecule has 0 bridgehead atoms. The fourth-order valence-electron chi connectivity index (χ4n) is 5.68. The SMILES string of the molecule is CC1NC(=O)C(C(C)C)NC(=O)C(Cc2ccccc2)N(C)C(=O)C(Cc2ccc(O)cc2)NC(=O)C2CCCN2C1=O. The molecule has 11 heteroatoms. The summed E-state index contributed by atoms with van der Waals surface area (Å²) in [6.45, 7) is 5.49. The monoisotopic (exact) mass is 591 g/mol. The molecule has 5 amide bonds. The second-order valence-electron chi connectivity index (χ2n) is 11.7. The lowest BCUT2D eigenvalue weighted by Gasteiger charge is -2.33. The van der Waals surface area contributed by atoms with E-state index in [1.165, 1.54) is 29.0 Å². The summed E-state index contributed by atoms with van der Waals surface area (Å²) in [7, 11) is 1.52. The number of fused-ring (bicyclic) bond motifs is 1. The highest BCUT2D eigenvalue weighted by Gasteiger charge is 2.41. The molecular formula is C32H41N5O6. The van der Waals surface area contributed by atoms with Gasteiger partial charge in [0.25, 0.3) is 0 Å². The summed E-state index contributed by atoms with van der Waals surface area (Å²) < 4.78 is 0. The Morgan fingerprint density at radius 1 is 0.814 bits per heavy atom. The molecule has 5 unspecified atom stereocenters. The first kappa shape index (κ1) is 31.5. The summed E-state index contributed by atoms with van der Waals surface area (Å²) >= 11 is 0.